The minimum Gasteiger partial charge on any atom is -0.369 e. The summed E-state index contributed by atoms with van der Waals surface area (Å²) in [5.74, 6) is 0.538. The van der Waals surface area contributed by atoms with Gasteiger partial charge in [0.1, 0.15) is 0 Å². The summed E-state index contributed by atoms with van der Waals surface area (Å²) in [5.41, 5.74) is 0.739. The predicted molar refractivity (Wildman–Crippen MR) is 60.2 cm³/mol. The van der Waals surface area contributed by atoms with Gasteiger partial charge in [0.2, 0.25) is 5.75 Å². The topological polar surface area (TPSA) is 55.8 Å². The van der Waals surface area contributed by atoms with Crippen LogP contribution in [0.15, 0.2) is 18.2 Å². The molecule has 0 saturated carbocycles. The molecule has 88 valence electrons. The average Bonchev–Trinajstić information content (AvgIpc) is 2.54. The Kier molecular flexibility index (Phi) is 2.67. The van der Waals surface area contributed by atoms with E-state index in [4.69, 9.17) is 8.37 Å². The SMILES string of the molecule is CCN(CC)c1cccc2c1OS(=O)(=O)O2. The van der Waals surface area contributed by atoms with Crippen molar-refractivity contribution < 1.29 is 16.8 Å². The summed E-state index contributed by atoms with van der Waals surface area (Å²) in [6.45, 7) is 5.53. The van der Waals surface area contributed by atoms with Crippen molar-refractivity contribution in [2.24, 2.45) is 0 Å². The smallest absolute Gasteiger partial charge is 0.369 e. The molecule has 0 bridgehead atoms. The standard InChI is InChI=1S/C10H13NO4S/c1-3-11(4-2)8-6-5-7-9-10(8)15-16(12,13)14-9/h5-7H,3-4H2,1-2H3. The Hall–Kier alpha value is -1.43. The Morgan fingerprint density at radius 3 is 2.50 bits per heavy atom. The highest BCUT2D eigenvalue weighted by atomic mass is 32.3. The van der Waals surface area contributed by atoms with E-state index in [1.54, 1.807) is 12.1 Å². The molecule has 6 heteroatoms. The number of hydrogen-bond donors (Lipinski definition) is 0. The van der Waals surface area contributed by atoms with Crippen molar-refractivity contribution in [3.05, 3.63) is 18.2 Å². The summed E-state index contributed by atoms with van der Waals surface area (Å²) in [6.07, 6.45) is 0. The number of rotatable bonds is 3. The number of hydrogen-bond acceptors (Lipinski definition) is 5. The summed E-state index contributed by atoms with van der Waals surface area (Å²) in [4.78, 5) is 2.00. The van der Waals surface area contributed by atoms with Crippen LogP contribution in [0.5, 0.6) is 11.5 Å². The van der Waals surface area contributed by atoms with Crippen molar-refractivity contribution in [1.82, 2.24) is 0 Å². The van der Waals surface area contributed by atoms with Crippen LogP contribution in [0.25, 0.3) is 0 Å². The van der Waals surface area contributed by atoms with Gasteiger partial charge < -0.3 is 13.3 Å². The monoisotopic (exact) mass is 243 g/mol. The van der Waals surface area contributed by atoms with Gasteiger partial charge in [-0.05, 0) is 26.0 Å². The second-order valence-electron chi connectivity index (χ2n) is 3.35. The molecule has 0 unspecified atom stereocenters. The van der Waals surface area contributed by atoms with E-state index in [0.717, 1.165) is 18.8 Å². The highest BCUT2D eigenvalue weighted by Crippen LogP contribution is 2.43. The zero-order valence-electron chi connectivity index (χ0n) is 9.13. The number of anilines is 1. The lowest BCUT2D eigenvalue weighted by Gasteiger charge is -2.21. The molecule has 1 aliphatic rings. The van der Waals surface area contributed by atoms with E-state index in [-0.39, 0.29) is 11.5 Å². The van der Waals surface area contributed by atoms with E-state index in [0.29, 0.717) is 0 Å². The van der Waals surface area contributed by atoms with Gasteiger partial charge in [0.25, 0.3) is 0 Å². The van der Waals surface area contributed by atoms with Crippen LogP contribution in [0.4, 0.5) is 5.69 Å². The molecule has 0 atom stereocenters. The fourth-order valence-corrected chi connectivity index (χ4v) is 2.45. The van der Waals surface area contributed by atoms with Crippen molar-refractivity contribution in [3.8, 4) is 11.5 Å². The molecule has 1 aromatic rings. The van der Waals surface area contributed by atoms with Gasteiger partial charge in [0.05, 0.1) is 5.69 Å². The molecule has 1 heterocycles. The molecule has 1 aliphatic heterocycles. The minimum absolute atomic E-state index is 0.254. The van der Waals surface area contributed by atoms with Crippen LogP contribution in [-0.4, -0.2) is 21.5 Å². The van der Waals surface area contributed by atoms with Crippen LogP contribution < -0.4 is 13.3 Å². The molecule has 0 amide bonds. The van der Waals surface area contributed by atoms with Crippen LogP contribution in [0.2, 0.25) is 0 Å². The molecular weight excluding hydrogens is 230 g/mol. The summed E-state index contributed by atoms with van der Waals surface area (Å²) in [6, 6.07) is 5.14. The van der Waals surface area contributed by atoms with Gasteiger partial charge in [0, 0.05) is 13.1 Å². The molecule has 0 radical (unpaired) electrons. The Balaban J connectivity index is 2.48. The zero-order chi connectivity index (χ0) is 11.8. The van der Waals surface area contributed by atoms with Gasteiger partial charge in [-0.1, -0.05) is 6.07 Å². The van der Waals surface area contributed by atoms with Gasteiger partial charge in [-0.25, -0.2) is 0 Å². The molecule has 1 aromatic carbocycles. The Labute approximate surface area is 94.9 Å². The largest absolute Gasteiger partial charge is 0.501 e. The molecule has 0 fully saturated rings. The van der Waals surface area contributed by atoms with Crippen molar-refractivity contribution in [2.75, 3.05) is 18.0 Å². The van der Waals surface area contributed by atoms with Gasteiger partial charge in [-0.15, -0.1) is 8.42 Å². The van der Waals surface area contributed by atoms with Crippen molar-refractivity contribution in [3.63, 3.8) is 0 Å². The molecule has 0 saturated heterocycles. The van der Waals surface area contributed by atoms with Crippen molar-refractivity contribution >= 4 is 16.1 Å². The maximum absolute atomic E-state index is 11.2. The zero-order valence-corrected chi connectivity index (χ0v) is 9.95. The summed E-state index contributed by atoms with van der Waals surface area (Å²) in [7, 11) is -3.90. The molecule has 5 nitrogen and oxygen atoms in total. The Morgan fingerprint density at radius 2 is 1.88 bits per heavy atom. The number of para-hydroxylation sites is 1. The van der Waals surface area contributed by atoms with E-state index in [1.807, 2.05) is 24.8 Å². The summed E-state index contributed by atoms with van der Waals surface area (Å²) >= 11 is 0. The van der Waals surface area contributed by atoms with E-state index in [2.05, 4.69) is 0 Å². The Bertz CT molecular complexity index is 494. The third-order valence-electron chi connectivity index (χ3n) is 2.44. The lowest BCUT2D eigenvalue weighted by molar-refractivity contribution is 0.436. The van der Waals surface area contributed by atoms with E-state index in [9.17, 15) is 8.42 Å². The molecule has 2 rings (SSSR count). The highest BCUT2D eigenvalue weighted by molar-refractivity contribution is 7.82. The summed E-state index contributed by atoms with van der Waals surface area (Å²) in [5, 5.41) is 0. The maximum Gasteiger partial charge on any atom is 0.501 e. The van der Waals surface area contributed by atoms with E-state index >= 15 is 0 Å². The quantitative estimate of drug-likeness (QED) is 0.806. The first-order chi connectivity index (χ1) is 7.57. The predicted octanol–water partition coefficient (Wildman–Crippen LogP) is 1.55. The van der Waals surface area contributed by atoms with Crippen LogP contribution in [0.3, 0.4) is 0 Å². The van der Waals surface area contributed by atoms with Crippen LogP contribution in [0, 0.1) is 0 Å². The first-order valence-electron chi connectivity index (χ1n) is 5.09. The molecule has 0 spiro atoms. The molecular formula is C10H13NO4S. The first kappa shape index (κ1) is 11.1. The normalized spacial score (nSPS) is 16.1. The lowest BCUT2D eigenvalue weighted by Crippen LogP contribution is -2.22. The molecule has 0 aromatic heterocycles. The lowest BCUT2D eigenvalue weighted by atomic mass is 10.2. The maximum atomic E-state index is 11.2. The third kappa shape index (κ3) is 1.80. The fourth-order valence-electron chi connectivity index (χ4n) is 1.70. The van der Waals surface area contributed by atoms with Crippen LogP contribution in [-0.2, 0) is 10.4 Å². The minimum atomic E-state index is -3.90. The van der Waals surface area contributed by atoms with Crippen LogP contribution in [0.1, 0.15) is 13.8 Å². The van der Waals surface area contributed by atoms with Crippen LogP contribution >= 0.6 is 0 Å². The second-order valence-corrected chi connectivity index (χ2v) is 4.50. The van der Waals surface area contributed by atoms with Gasteiger partial charge in [-0.3, -0.25) is 0 Å². The van der Waals surface area contributed by atoms with Gasteiger partial charge in [0.15, 0.2) is 5.75 Å². The van der Waals surface area contributed by atoms with Gasteiger partial charge >= 0.3 is 10.4 Å². The highest BCUT2D eigenvalue weighted by Gasteiger charge is 2.31. The molecule has 16 heavy (non-hydrogen) atoms. The second kappa shape index (κ2) is 3.86. The van der Waals surface area contributed by atoms with Crippen molar-refractivity contribution in [1.29, 1.82) is 0 Å². The number of nitrogens with zero attached hydrogens (tertiary/aromatic N) is 1. The van der Waals surface area contributed by atoms with Crippen molar-refractivity contribution in [2.45, 2.75) is 13.8 Å². The molecule has 0 aliphatic carbocycles. The fraction of sp³-hybridized carbons (Fsp3) is 0.400. The number of benzene rings is 1. The first-order valence-corrected chi connectivity index (χ1v) is 6.42. The van der Waals surface area contributed by atoms with E-state index in [1.165, 1.54) is 0 Å². The molecule has 0 N–H and O–H groups in total. The Morgan fingerprint density at radius 1 is 1.19 bits per heavy atom. The van der Waals surface area contributed by atoms with Gasteiger partial charge in [-0.2, -0.15) is 0 Å². The van der Waals surface area contributed by atoms with E-state index < -0.39 is 10.4 Å². The summed E-state index contributed by atoms with van der Waals surface area (Å²) < 4.78 is 31.9. The number of fused-ring (bicyclic) bond motifs is 1. The average molecular weight is 243 g/mol. The third-order valence-corrected chi connectivity index (χ3v) is 3.19.